The van der Waals surface area contributed by atoms with Crippen LogP contribution in [-0.2, 0) is 14.3 Å². The maximum atomic E-state index is 12.5. The molecule has 7 heteroatoms. The Morgan fingerprint density at radius 2 is 1.79 bits per heavy atom. The summed E-state index contributed by atoms with van der Waals surface area (Å²) in [5.41, 5.74) is 0.279. The highest BCUT2D eigenvalue weighted by atomic mass is 16.5. The van der Waals surface area contributed by atoms with E-state index in [2.05, 4.69) is 25.1 Å². The largest absolute Gasteiger partial charge is 0.484 e. The minimum Gasteiger partial charge on any atom is -0.484 e. The first-order valence-corrected chi connectivity index (χ1v) is 9.33. The molecule has 28 heavy (non-hydrogen) atoms. The summed E-state index contributed by atoms with van der Waals surface area (Å²) in [6.45, 7) is 3.74. The number of hydrogen-bond donors (Lipinski definition) is 1. The average Bonchev–Trinajstić information content (AvgIpc) is 2.69. The van der Waals surface area contributed by atoms with Gasteiger partial charge in [-0.3, -0.25) is 9.59 Å². The molecular formula is C21H26N2O5. The van der Waals surface area contributed by atoms with Crippen LogP contribution in [-0.4, -0.2) is 54.5 Å². The van der Waals surface area contributed by atoms with Crippen molar-refractivity contribution in [1.29, 1.82) is 0 Å². The van der Waals surface area contributed by atoms with Gasteiger partial charge in [0.1, 0.15) is 5.75 Å². The molecule has 2 unspecified atom stereocenters. The highest BCUT2D eigenvalue weighted by Gasteiger charge is 2.28. The number of nitrogens with one attached hydrogen (secondary N) is 1. The third-order valence-corrected chi connectivity index (χ3v) is 4.66. The first kappa shape index (κ1) is 21.3. The van der Waals surface area contributed by atoms with Crippen molar-refractivity contribution in [2.45, 2.75) is 45.2 Å². The predicted octanol–water partition coefficient (Wildman–Crippen LogP) is 1.76. The smallest absolute Gasteiger partial charge is 0.338 e. The molecule has 2 atom stereocenters. The van der Waals surface area contributed by atoms with Gasteiger partial charge in [0.25, 0.3) is 11.8 Å². The van der Waals surface area contributed by atoms with Crippen molar-refractivity contribution in [3.63, 3.8) is 0 Å². The molecule has 1 aromatic rings. The monoisotopic (exact) mass is 386 g/mol. The number of benzene rings is 1. The number of carbonyl (C=O) groups excluding carboxylic acids is 3. The second kappa shape index (κ2) is 10.4. The minimum atomic E-state index is -0.630. The van der Waals surface area contributed by atoms with Gasteiger partial charge in [0.15, 0.2) is 13.2 Å². The van der Waals surface area contributed by atoms with Gasteiger partial charge in [0.05, 0.1) is 12.1 Å². The van der Waals surface area contributed by atoms with E-state index in [9.17, 15) is 14.4 Å². The van der Waals surface area contributed by atoms with E-state index in [1.54, 1.807) is 12.1 Å². The Balaban J connectivity index is 1.82. The van der Waals surface area contributed by atoms with E-state index in [1.165, 1.54) is 12.1 Å². The van der Waals surface area contributed by atoms with Crippen molar-refractivity contribution in [3.8, 4) is 18.1 Å². The van der Waals surface area contributed by atoms with Crippen molar-refractivity contribution in [2.24, 2.45) is 0 Å². The van der Waals surface area contributed by atoms with Crippen LogP contribution in [0, 0.1) is 12.3 Å². The standard InChI is InChI=1S/C21H26N2O5/c1-4-12-22-19(24)13-28-21(26)17-8-10-18(11-9-17)27-14-20(25)23-15(2)6-5-7-16(23)3/h1,8-11,15-16H,5-7,12-14H2,2-3H3,(H,22,24). The van der Waals surface area contributed by atoms with Crippen LogP contribution in [0.3, 0.4) is 0 Å². The van der Waals surface area contributed by atoms with Gasteiger partial charge in [0.2, 0.25) is 0 Å². The molecule has 0 aliphatic carbocycles. The Bertz CT molecular complexity index is 728. The van der Waals surface area contributed by atoms with E-state index < -0.39 is 18.5 Å². The Morgan fingerprint density at radius 1 is 1.14 bits per heavy atom. The molecule has 2 rings (SSSR count). The molecule has 1 N–H and O–H groups in total. The highest BCUT2D eigenvalue weighted by molar-refractivity contribution is 5.91. The summed E-state index contributed by atoms with van der Waals surface area (Å²) in [7, 11) is 0. The van der Waals surface area contributed by atoms with Gasteiger partial charge in [0, 0.05) is 12.1 Å². The number of nitrogens with zero attached hydrogens (tertiary/aromatic N) is 1. The first-order chi connectivity index (χ1) is 13.4. The Labute approximate surface area is 165 Å². The summed E-state index contributed by atoms with van der Waals surface area (Å²) in [4.78, 5) is 37.7. The molecule has 150 valence electrons. The number of esters is 1. The molecule has 0 spiro atoms. The lowest BCUT2D eigenvalue weighted by molar-refractivity contribution is -0.139. The van der Waals surface area contributed by atoms with Crippen molar-refractivity contribution in [1.82, 2.24) is 10.2 Å². The third-order valence-electron chi connectivity index (χ3n) is 4.66. The fourth-order valence-electron chi connectivity index (χ4n) is 3.23. The molecule has 0 bridgehead atoms. The third kappa shape index (κ3) is 6.02. The van der Waals surface area contributed by atoms with Crippen LogP contribution in [0.15, 0.2) is 24.3 Å². The van der Waals surface area contributed by atoms with Crippen LogP contribution in [0.1, 0.15) is 43.5 Å². The summed E-state index contributed by atoms with van der Waals surface area (Å²) in [6.07, 6.45) is 8.18. The molecule has 0 radical (unpaired) electrons. The summed E-state index contributed by atoms with van der Waals surface area (Å²) in [5, 5.41) is 2.40. The van der Waals surface area contributed by atoms with E-state index in [-0.39, 0.29) is 36.7 Å². The quantitative estimate of drug-likeness (QED) is 0.570. The number of piperidine rings is 1. The minimum absolute atomic E-state index is 0.0406. The number of ether oxygens (including phenoxy) is 2. The van der Waals surface area contributed by atoms with Gasteiger partial charge in [-0.25, -0.2) is 4.79 Å². The van der Waals surface area contributed by atoms with Crippen molar-refractivity contribution in [3.05, 3.63) is 29.8 Å². The molecule has 7 nitrogen and oxygen atoms in total. The number of rotatable bonds is 7. The Morgan fingerprint density at radius 3 is 2.39 bits per heavy atom. The molecular weight excluding hydrogens is 360 g/mol. The zero-order chi connectivity index (χ0) is 20.5. The predicted molar refractivity (Wildman–Crippen MR) is 104 cm³/mol. The fourth-order valence-corrected chi connectivity index (χ4v) is 3.23. The lowest BCUT2D eigenvalue weighted by Crippen LogP contribution is -2.49. The van der Waals surface area contributed by atoms with E-state index in [4.69, 9.17) is 15.9 Å². The van der Waals surface area contributed by atoms with E-state index in [1.807, 2.05) is 4.90 Å². The average molecular weight is 386 g/mol. The van der Waals surface area contributed by atoms with Crippen LogP contribution in [0.5, 0.6) is 5.75 Å². The summed E-state index contributed by atoms with van der Waals surface area (Å²) >= 11 is 0. The second-order valence-corrected chi connectivity index (χ2v) is 6.80. The second-order valence-electron chi connectivity index (χ2n) is 6.80. The number of amides is 2. The lowest BCUT2D eigenvalue weighted by Gasteiger charge is -2.38. The van der Waals surface area contributed by atoms with E-state index in [0.717, 1.165) is 19.3 Å². The summed E-state index contributed by atoms with van der Waals surface area (Å²) in [5.74, 6) is 1.60. The fraction of sp³-hybridized carbons (Fsp3) is 0.476. The van der Waals surface area contributed by atoms with E-state index in [0.29, 0.717) is 5.75 Å². The molecule has 0 saturated carbocycles. The summed E-state index contributed by atoms with van der Waals surface area (Å²) in [6, 6.07) is 6.66. The Kier molecular flexibility index (Phi) is 7.88. The number of likely N-dealkylation sites (tertiary alicyclic amines) is 1. The van der Waals surface area contributed by atoms with Crippen molar-refractivity contribution >= 4 is 17.8 Å². The number of terminal acetylenes is 1. The topological polar surface area (TPSA) is 84.9 Å². The first-order valence-electron chi connectivity index (χ1n) is 9.33. The molecule has 1 fully saturated rings. The molecule has 1 aliphatic heterocycles. The van der Waals surface area contributed by atoms with Crippen molar-refractivity contribution < 1.29 is 23.9 Å². The number of carbonyl (C=O) groups is 3. The van der Waals surface area contributed by atoms with Gasteiger partial charge in [-0.05, 0) is 57.4 Å². The zero-order valence-electron chi connectivity index (χ0n) is 16.3. The van der Waals surface area contributed by atoms with Crippen LogP contribution in [0.25, 0.3) is 0 Å². The van der Waals surface area contributed by atoms with Gasteiger partial charge < -0.3 is 19.7 Å². The normalized spacial score (nSPS) is 18.7. The molecule has 2 amide bonds. The van der Waals surface area contributed by atoms with Gasteiger partial charge in [-0.2, -0.15) is 0 Å². The maximum Gasteiger partial charge on any atom is 0.338 e. The molecule has 0 aromatic heterocycles. The maximum absolute atomic E-state index is 12.5. The molecule has 1 aromatic carbocycles. The molecule has 1 aliphatic rings. The van der Waals surface area contributed by atoms with Crippen LogP contribution < -0.4 is 10.1 Å². The Hall–Kier alpha value is -3.01. The van der Waals surface area contributed by atoms with E-state index >= 15 is 0 Å². The zero-order valence-corrected chi connectivity index (χ0v) is 16.3. The van der Waals surface area contributed by atoms with Gasteiger partial charge >= 0.3 is 5.97 Å². The van der Waals surface area contributed by atoms with Crippen LogP contribution in [0.2, 0.25) is 0 Å². The van der Waals surface area contributed by atoms with Crippen LogP contribution >= 0.6 is 0 Å². The molecule has 1 saturated heterocycles. The van der Waals surface area contributed by atoms with Crippen LogP contribution in [0.4, 0.5) is 0 Å². The van der Waals surface area contributed by atoms with Gasteiger partial charge in [-0.15, -0.1) is 6.42 Å². The summed E-state index contributed by atoms with van der Waals surface area (Å²) < 4.78 is 10.5. The SMILES string of the molecule is C#CCNC(=O)COC(=O)c1ccc(OCC(=O)N2C(C)CCCC2C)cc1. The van der Waals surface area contributed by atoms with Crippen molar-refractivity contribution in [2.75, 3.05) is 19.8 Å². The highest BCUT2D eigenvalue weighted by Crippen LogP contribution is 2.23. The number of hydrogen-bond acceptors (Lipinski definition) is 5. The lowest BCUT2D eigenvalue weighted by atomic mass is 9.97. The van der Waals surface area contributed by atoms with Gasteiger partial charge in [-0.1, -0.05) is 5.92 Å². The molecule has 1 heterocycles.